The van der Waals surface area contributed by atoms with Gasteiger partial charge in [0.15, 0.2) is 6.10 Å². The first-order valence-electron chi connectivity index (χ1n) is 7.81. The summed E-state index contributed by atoms with van der Waals surface area (Å²) in [5.41, 5.74) is 0.982. The number of carboxylic acid groups (broad SMARTS) is 1. The third-order valence-corrected chi connectivity index (χ3v) is 3.58. The molecule has 6 heteroatoms. The number of hydrogen-bond acceptors (Lipinski definition) is 2. The highest BCUT2D eigenvalue weighted by Gasteiger charge is 2.30. The fourth-order valence-corrected chi connectivity index (χ4v) is 2.49. The molecule has 0 spiro atoms. The van der Waals surface area contributed by atoms with E-state index < -0.39 is 23.8 Å². The lowest BCUT2D eigenvalue weighted by molar-refractivity contribution is -0.153. The normalized spacial score (nSPS) is 13.0. The average Bonchev–Trinajstić information content (AvgIpc) is 2.53. The first kappa shape index (κ1) is 19.0. The van der Waals surface area contributed by atoms with Gasteiger partial charge in [-0.05, 0) is 42.7 Å². The first-order valence-corrected chi connectivity index (χ1v) is 7.81. The van der Waals surface area contributed by atoms with E-state index in [1.165, 1.54) is 6.07 Å². The zero-order chi connectivity index (χ0) is 18.6. The predicted octanol–water partition coefficient (Wildman–Crippen LogP) is 4.79. The summed E-state index contributed by atoms with van der Waals surface area (Å²) in [4.78, 5) is 11.3. The van der Waals surface area contributed by atoms with Crippen LogP contribution in [-0.4, -0.2) is 23.3 Å². The zero-order valence-electron chi connectivity index (χ0n) is 13.9. The molecule has 2 rings (SSSR count). The second-order valence-electron chi connectivity index (χ2n) is 5.99. The predicted molar refractivity (Wildman–Crippen MR) is 88.2 cm³/mol. The van der Waals surface area contributed by atoms with Crippen LogP contribution in [-0.2, 0) is 22.1 Å². The number of benzene rings is 2. The first-order chi connectivity index (χ1) is 11.7. The van der Waals surface area contributed by atoms with E-state index >= 15 is 0 Å². The van der Waals surface area contributed by atoms with Gasteiger partial charge in [0, 0.05) is 6.42 Å². The summed E-state index contributed by atoms with van der Waals surface area (Å²) < 4.78 is 44.0. The molecule has 0 bridgehead atoms. The number of carbonyl (C=O) groups is 1. The topological polar surface area (TPSA) is 46.5 Å². The number of alkyl halides is 3. The molecule has 0 fully saturated rings. The van der Waals surface area contributed by atoms with E-state index in [2.05, 4.69) is 0 Å². The number of aliphatic carboxylic acids is 1. The van der Waals surface area contributed by atoms with Crippen LogP contribution in [0.2, 0.25) is 0 Å². The van der Waals surface area contributed by atoms with Gasteiger partial charge in [-0.2, -0.15) is 13.2 Å². The van der Waals surface area contributed by atoms with Crippen molar-refractivity contribution >= 4 is 5.97 Å². The molecule has 0 aromatic heterocycles. The highest BCUT2D eigenvalue weighted by Crippen LogP contribution is 2.32. The SMILES string of the molecule is CC(C)OC(Cc1cccc(-c2cccc(C(F)(F)F)c2)c1)C(=O)O. The molecule has 1 N–H and O–H groups in total. The standard InChI is InChI=1S/C19H19F3O3/c1-12(2)25-17(18(23)24)10-13-5-3-6-14(9-13)15-7-4-8-16(11-15)19(20,21)22/h3-9,11-12,17H,10H2,1-2H3,(H,23,24). The Morgan fingerprint density at radius 3 is 2.24 bits per heavy atom. The summed E-state index contributed by atoms with van der Waals surface area (Å²) in [5.74, 6) is -1.07. The molecule has 2 aromatic carbocycles. The van der Waals surface area contributed by atoms with Crippen molar-refractivity contribution in [1.29, 1.82) is 0 Å². The van der Waals surface area contributed by atoms with Crippen LogP contribution >= 0.6 is 0 Å². The van der Waals surface area contributed by atoms with Gasteiger partial charge in [-0.15, -0.1) is 0 Å². The molecular weight excluding hydrogens is 333 g/mol. The second kappa shape index (κ2) is 7.70. The second-order valence-corrected chi connectivity index (χ2v) is 5.99. The summed E-state index contributed by atoms with van der Waals surface area (Å²) in [7, 11) is 0. The summed E-state index contributed by atoms with van der Waals surface area (Å²) in [6.07, 6.45) is -5.52. The molecule has 2 aromatic rings. The molecule has 1 unspecified atom stereocenters. The van der Waals surface area contributed by atoms with E-state index in [1.807, 2.05) is 0 Å². The van der Waals surface area contributed by atoms with Crippen molar-refractivity contribution in [3.8, 4) is 11.1 Å². The maximum absolute atomic E-state index is 12.9. The molecule has 0 amide bonds. The Bertz CT molecular complexity index is 739. The van der Waals surface area contributed by atoms with E-state index in [0.29, 0.717) is 16.7 Å². The number of carboxylic acids is 1. The molecule has 25 heavy (non-hydrogen) atoms. The van der Waals surface area contributed by atoms with E-state index in [9.17, 15) is 23.1 Å². The summed E-state index contributed by atoms with van der Waals surface area (Å²) in [5, 5.41) is 9.25. The summed E-state index contributed by atoms with van der Waals surface area (Å²) >= 11 is 0. The van der Waals surface area contributed by atoms with Crippen LogP contribution in [0.4, 0.5) is 13.2 Å². The minimum atomic E-state index is -4.41. The fraction of sp³-hybridized carbons (Fsp3) is 0.316. The third kappa shape index (κ3) is 5.32. The highest BCUT2D eigenvalue weighted by atomic mass is 19.4. The molecular formula is C19H19F3O3. The van der Waals surface area contributed by atoms with Gasteiger partial charge < -0.3 is 9.84 Å². The van der Waals surface area contributed by atoms with Gasteiger partial charge >= 0.3 is 12.1 Å². The largest absolute Gasteiger partial charge is 0.479 e. The molecule has 0 aliphatic carbocycles. The van der Waals surface area contributed by atoms with Crippen LogP contribution < -0.4 is 0 Å². The minimum Gasteiger partial charge on any atom is -0.479 e. The lowest BCUT2D eigenvalue weighted by Crippen LogP contribution is -2.29. The maximum atomic E-state index is 12.9. The zero-order valence-corrected chi connectivity index (χ0v) is 13.9. The monoisotopic (exact) mass is 352 g/mol. The summed E-state index contributed by atoms with van der Waals surface area (Å²) in [6.45, 7) is 3.49. The highest BCUT2D eigenvalue weighted by molar-refractivity contribution is 5.73. The number of rotatable bonds is 6. The van der Waals surface area contributed by atoms with Crippen molar-refractivity contribution in [1.82, 2.24) is 0 Å². The van der Waals surface area contributed by atoms with Gasteiger partial charge in [-0.1, -0.05) is 36.4 Å². The average molecular weight is 352 g/mol. The van der Waals surface area contributed by atoms with Crippen molar-refractivity contribution in [2.24, 2.45) is 0 Å². The van der Waals surface area contributed by atoms with Gasteiger partial charge in [0.25, 0.3) is 0 Å². The quantitative estimate of drug-likeness (QED) is 0.813. The van der Waals surface area contributed by atoms with Crippen molar-refractivity contribution in [2.75, 3.05) is 0 Å². The third-order valence-electron chi connectivity index (χ3n) is 3.58. The molecule has 0 aliphatic rings. The van der Waals surface area contributed by atoms with Crippen molar-refractivity contribution in [3.05, 3.63) is 59.7 Å². The van der Waals surface area contributed by atoms with Crippen LogP contribution in [0.15, 0.2) is 48.5 Å². The van der Waals surface area contributed by atoms with Gasteiger partial charge in [-0.3, -0.25) is 0 Å². The number of hydrogen-bond donors (Lipinski definition) is 1. The molecule has 0 saturated heterocycles. The molecule has 0 aliphatic heterocycles. The number of halogens is 3. The Morgan fingerprint density at radius 1 is 1.08 bits per heavy atom. The van der Waals surface area contributed by atoms with E-state index in [-0.39, 0.29) is 12.5 Å². The van der Waals surface area contributed by atoms with Crippen LogP contribution in [0.25, 0.3) is 11.1 Å². The van der Waals surface area contributed by atoms with Crippen molar-refractivity contribution in [2.45, 2.75) is 38.7 Å². The van der Waals surface area contributed by atoms with Crippen molar-refractivity contribution < 1.29 is 27.8 Å². The number of ether oxygens (including phenoxy) is 1. The van der Waals surface area contributed by atoms with Crippen LogP contribution in [0.1, 0.15) is 25.0 Å². The molecule has 1 atom stereocenters. The van der Waals surface area contributed by atoms with Crippen LogP contribution in [0.5, 0.6) is 0 Å². The van der Waals surface area contributed by atoms with E-state index in [4.69, 9.17) is 4.74 Å². The van der Waals surface area contributed by atoms with E-state index in [0.717, 1.165) is 12.1 Å². The van der Waals surface area contributed by atoms with E-state index in [1.54, 1.807) is 44.2 Å². The Kier molecular flexibility index (Phi) is 5.85. The van der Waals surface area contributed by atoms with Crippen molar-refractivity contribution in [3.63, 3.8) is 0 Å². The Labute approximate surface area is 144 Å². The Morgan fingerprint density at radius 2 is 1.68 bits per heavy atom. The summed E-state index contributed by atoms with van der Waals surface area (Å²) in [6, 6.07) is 11.9. The Balaban J connectivity index is 2.28. The smallest absolute Gasteiger partial charge is 0.416 e. The minimum absolute atomic E-state index is 0.139. The molecule has 134 valence electrons. The lowest BCUT2D eigenvalue weighted by atomic mass is 9.98. The van der Waals surface area contributed by atoms with Gasteiger partial charge in [0.1, 0.15) is 0 Å². The molecule has 0 radical (unpaired) electrons. The fourth-order valence-electron chi connectivity index (χ4n) is 2.49. The van der Waals surface area contributed by atoms with Gasteiger partial charge in [-0.25, -0.2) is 4.79 Å². The van der Waals surface area contributed by atoms with Gasteiger partial charge in [0.05, 0.1) is 11.7 Å². The molecule has 3 nitrogen and oxygen atoms in total. The Hall–Kier alpha value is -2.34. The lowest BCUT2D eigenvalue weighted by Gasteiger charge is -2.17. The van der Waals surface area contributed by atoms with Gasteiger partial charge in [0.2, 0.25) is 0 Å². The maximum Gasteiger partial charge on any atom is 0.416 e. The van der Waals surface area contributed by atoms with Crippen LogP contribution in [0.3, 0.4) is 0 Å². The molecule has 0 heterocycles. The van der Waals surface area contributed by atoms with Crippen LogP contribution in [0, 0.1) is 0 Å². The molecule has 0 saturated carbocycles.